The topological polar surface area (TPSA) is 93.5 Å². The zero-order chi connectivity index (χ0) is 33.7. The van der Waals surface area contributed by atoms with E-state index < -0.39 is 17.6 Å². The number of anilines is 3. The van der Waals surface area contributed by atoms with Gasteiger partial charge in [0.25, 0.3) is 5.91 Å². The van der Waals surface area contributed by atoms with Crippen LogP contribution in [0.2, 0.25) is 0 Å². The van der Waals surface area contributed by atoms with Gasteiger partial charge in [0.1, 0.15) is 0 Å². The summed E-state index contributed by atoms with van der Waals surface area (Å²) in [6, 6.07) is 47.0. The molecule has 1 aliphatic heterocycles. The first-order valence-corrected chi connectivity index (χ1v) is 16.9. The maximum atomic E-state index is 13.0. The number of nitrogens with zero attached hydrogens (tertiary/aromatic N) is 1. The van der Waals surface area contributed by atoms with E-state index in [1.54, 1.807) is 24.3 Å². The number of carbonyl (C=O) groups excluding carboxylic acids is 1. The summed E-state index contributed by atoms with van der Waals surface area (Å²) in [5.74, 6) is -2.11. The van der Waals surface area contributed by atoms with Crippen molar-refractivity contribution < 1.29 is 14.7 Å². The number of aliphatic carboxylic acids is 1. The highest BCUT2D eigenvalue weighted by atomic mass is 32.1. The Bertz CT molecular complexity index is 2170. The van der Waals surface area contributed by atoms with Crippen molar-refractivity contribution in [3.05, 3.63) is 156 Å². The van der Waals surface area contributed by atoms with E-state index >= 15 is 0 Å². The number of carboxylic acids is 1. The molecule has 49 heavy (non-hydrogen) atoms. The molecule has 0 bridgehead atoms. The maximum absolute atomic E-state index is 13.0. The number of hydrogen-bond donors (Lipinski definition) is 3. The number of thiophene rings is 1. The van der Waals surface area contributed by atoms with Crippen molar-refractivity contribution in [3.8, 4) is 32.7 Å². The van der Waals surface area contributed by atoms with Crippen LogP contribution in [0, 0.1) is 5.41 Å². The maximum Gasteiger partial charge on any atom is 0.354 e. The van der Waals surface area contributed by atoms with Gasteiger partial charge < -0.3 is 15.3 Å². The predicted octanol–water partition coefficient (Wildman–Crippen LogP) is 9.96. The molecule has 0 fully saturated rings. The Morgan fingerprint density at radius 3 is 2.04 bits per heavy atom. The average molecular weight is 660 g/mol. The third-order valence-electron chi connectivity index (χ3n) is 8.66. The summed E-state index contributed by atoms with van der Waals surface area (Å²) < 4.78 is 0. The molecule has 0 unspecified atom stereocenters. The number of carboxylic acid groups (broad SMARTS) is 1. The quantitative estimate of drug-likeness (QED) is 0.106. The van der Waals surface area contributed by atoms with Crippen molar-refractivity contribution in [3.63, 3.8) is 0 Å². The van der Waals surface area contributed by atoms with Crippen molar-refractivity contribution in [2.24, 2.45) is 0 Å². The Morgan fingerprint density at radius 2 is 1.33 bits per heavy atom. The summed E-state index contributed by atoms with van der Waals surface area (Å²) >= 11 is 1.43. The molecule has 0 radical (unpaired) electrons. The van der Waals surface area contributed by atoms with Gasteiger partial charge in [0.05, 0.1) is 5.57 Å². The highest BCUT2D eigenvalue weighted by molar-refractivity contribution is 7.16. The minimum absolute atomic E-state index is 0.213. The van der Waals surface area contributed by atoms with Gasteiger partial charge in [0.2, 0.25) is 0 Å². The number of amides is 1. The number of carbonyl (C=O) groups is 2. The summed E-state index contributed by atoms with van der Waals surface area (Å²) in [5.41, 5.74) is 9.09. The van der Waals surface area contributed by atoms with Crippen molar-refractivity contribution in [1.82, 2.24) is 0 Å². The zero-order valence-corrected chi connectivity index (χ0v) is 27.4. The van der Waals surface area contributed by atoms with Gasteiger partial charge in [-0.15, -0.1) is 11.3 Å². The minimum atomic E-state index is -1.46. The Hall–Kier alpha value is -6.05. The summed E-state index contributed by atoms with van der Waals surface area (Å²) in [7, 11) is 0. The van der Waals surface area contributed by atoms with Crippen LogP contribution in [0.5, 0.6) is 0 Å². The Kier molecular flexibility index (Phi) is 9.00. The third-order valence-corrected chi connectivity index (χ3v) is 9.74. The van der Waals surface area contributed by atoms with Crippen molar-refractivity contribution in [2.75, 3.05) is 16.8 Å². The molecule has 2 heterocycles. The second kappa shape index (κ2) is 14.0. The molecule has 0 saturated heterocycles. The highest BCUT2D eigenvalue weighted by Gasteiger charge is 2.22. The fourth-order valence-electron chi connectivity index (χ4n) is 6.15. The van der Waals surface area contributed by atoms with E-state index in [0.29, 0.717) is 10.6 Å². The number of aryl methyl sites for hydroxylation is 1. The molecule has 7 heteroatoms. The number of nitrogens with one attached hydrogen (secondary N) is 2. The third kappa shape index (κ3) is 6.98. The number of hydrogen-bond acceptors (Lipinski definition) is 5. The van der Waals surface area contributed by atoms with Gasteiger partial charge in [-0.1, -0.05) is 91.0 Å². The van der Waals surface area contributed by atoms with Gasteiger partial charge in [-0.2, -0.15) is 0 Å². The van der Waals surface area contributed by atoms with Crippen LogP contribution in [0.4, 0.5) is 17.1 Å². The molecule has 7 rings (SSSR count). The van der Waals surface area contributed by atoms with E-state index in [4.69, 9.17) is 5.41 Å². The summed E-state index contributed by atoms with van der Waals surface area (Å²) in [4.78, 5) is 28.7. The van der Waals surface area contributed by atoms with Crippen LogP contribution in [-0.4, -0.2) is 29.2 Å². The van der Waals surface area contributed by atoms with Gasteiger partial charge in [0, 0.05) is 33.4 Å². The normalized spacial score (nSPS) is 12.7. The van der Waals surface area contributed by atoms with Gasteiger partial charge in [-0.25, -0.2) is 4.79 Å². The molecule has 1 amide bonds. The van der Waals surface area contributed by atoms with Crippen LogP contribution in [0.25, 0.3) is 38.8 Å². The molecule has 5 aromatic carbocycles. The molecule has 6 nitrogen and oxygen atoms in total. The molecule has 6 aromatic rings. The molecule has 0 saturated carbocycles. The Balaban J connectivity index is 1.08. The molecule has 3 N–H and O–H groups in total. The fraction of sp³-hybridized carbons (Fsp3) is 0.0714. The molecule has 1 aromatic heterocycles. The first-order valence-electron chi connectivity index (χ1n) is 16.1. The van der Waals surface area contributed by atoms with E-state index in [-0.39, 0.29) is 5.57 Å². The van der Waals surface area contributed by atoms with Crippen LogP contribution < -0.4 is 10.2 Å². The summed E-state index contributed by atoms with van der Waals surface area (Å²) in [5, 5.41) is 20.2. The van der Waals surface area contributed by atoms with Gasteiger partial charge in [0.15, 0.2) is 5.71 Å². The average Bonchev–Trinajstić information content (AvgIpc) is 3.63. The largest absolute Gasteiger partial charge is 0.477 e. The second-order valence-electron chi connectivity index (χ2n) is 11.8. The lowest BCUT2D eigenvalue weighted by Gasteiger charge is -2.32. The van der Waals surface area contributed by atoms with Crippen molar-refractivity contribution in [1.29, 1.82) is 5.41 Å². The first kappa shape index (κ1) is 31.5. The van der Waals surface area contributed by atoms with Crippen molar-refractivity contribution in [2.45, 2.75) is 12.8 Å². The second-order valence-corrected chi connectivity index (χ2v) is 13.0. The lowest BCUT2D eigenvalue weighted by atomic mass is 9.95. The summed E-state index contributed by atoms with van der Waals surface area (Å²) in [6.07, 6.45) is 3.59. The zero-order valence-electron chi connectivity index (χ0n) is 26.6. The lowest BCUT2D eigenvalue weighted by molar-refractivity contribution is -0.129. The molecule has 0 aliphatic carbocycles. The van der Waals surface area contributed by atoms with E-state index in [0.717, 1.165) is 35.4 Å². The SMILES string of the molecule is N=C(C(=O)O)/C(=C/c1ccc(-c2ccc(-c3ccc4c(c3)CCCN4c3ccc(-c4ccccc4)cc3)cc2)s1)C(=O)Nc1ccccc1. The smallest absolute Gasteiger partial charge is 0.354 e. The lowest BCUT2D eigenvalue weighted by Crippen LogP contribution is -2.25. The Labute approximate surface area is 289 Å². The van der Waals surface area contributed by atoms with E-state index in [2.05, 4.69) is 101 Å². The molecular formula is C42H33N3O3S. The molecule has 0 atom stereocenters. The van der Waals surface area contributed by atoms with Gasteiger partial charge in [-0.05, 0) is 101 Å². The number of fused-ring (bicyclic) bond motifs is 1. The number of rotatable bonds is 9. The predicted molar refractivity (Wildman–Crippen MR) is 201 cm³/mol. The number of para-hydroxylation sites is 1. The van der Waals surface area contributed by atoms with Gasteiger partial charge >= 0.3 is 5.97 Å². The van der Waals surface area contributed by atoms with Crippen LogP contribution in [0.15, 0.2) is 145 Å². The molecule has 240 valence electrons. The summed E-state index contributed by atoms with van der Waals surface area (Å²) in [6.45, 7) is 0.986. The molecule has 1 aliphatic rings. The van der Waals surface area contributed by atoms with Crippen LogP contribution in [0.3, 0.4) is 0 Å². The minimum Gasteiger partial charge on any atom is -0.477 e. The van der Waals surface area contributed by atoms with Crippen LogP contribution >= 0.6 is 11.3 Å². The molecule has 0 spiro atoms. The first-order chi connectivity index (χ1) is 23.9. The fourth-order valence-corrected chi connectivity index (χ4v) is 7.11. The number of benzene rings is 5. The highest BCUT2D eigenvalue weighted by Crippen LogP contribution is 2.38. The van der Waals surface area contributed by atoms with E-state index in [9.17, 15) is 14.7 Å². The van der Waals surface area contributed by atoms with E-state index in [1.807, 2.05) is 24.3 Å². The van der Waals surface area contributed by atoms with Crippen LogP contribution in [0.1, 0.15) is 16.9 Å². The van der Waals surface area contributed by atoms with Crippen LogP contribution in [-0.2, 0) is 16.0 Å². The monoisotopic (exact) mass is 659 g/mol. The Morgan fingerprint density at radius 1 is 0.714 bits per heavy atom. The van der Waals surface area contributed by atoms with Crippen molar-refractivity contribution >= 4 is 52.1 Å². The molecular weight excluding hydrogens is 627 g/mol. The van der Waals surface area contributed by atoms with E-state index in [1.165, 1.54) is 51.0 Å². The van der Waals surface area contributed by atoms with Gasteiger partial charge in [-0.3, -0.25) is 10.2 Å². The standard InChI is InChI=1S/C42H33N3O3S/c43-40(42(47)48)37(41(46)44-34-11-5-2-6-12-34)27-36-22-24-39(49-36)31-15-13-30(14-16-31)32-19-23-38-33(26-32)10-7-25-45(38)35-20-17-29(18-21-35)28-8-3-1-4-9-28/h1-6,8-9,11-24,26-27,43H,7,10,25H2,(H,44,46)(H,47,48)/b37-27-,43-40?.